The summed E-state index contributed by atoms with van der Waals surface area (Å²) < 4.78 is 0. The Morgan fingerprint density at radius 3 is 1.84 bits per heavy atom. The SMILES string of the molecule is CSCC[C@H](NC(=O)[C@@H](NC(=O)[C@@H](NC(=O)[C@H](C)NC(=O)[C@H](CCCN=C(N)N)NC(=O)[C@H](CCC(=O)O)NC(=O)[C@H](Cc1ccccc1)NC(=O)[C@@H]1CCCN1C(=O)[C@@H](N)CC(C)C)[C@@H](C)O)C(C)C)C(=O)O. The van der Waals surface area contributed by atoms with Gasteiger partial charge < -0.3 is 74.6 Å². The van der Waals surface area contributed by atoms with Gasteiger partial charge in [-0.1, -0.05) is 58.0 Å². The quantitative estimate of drug-likeness (QED) is 0.0207. The van der Waals surface area contributed by atoms with Gasteiger partial charge in [0.25, 0.3) is 0 Å². The van der Waals surface area contributed by atoms with Gasteiger partial charge in [0.2, 0.25) is 47.3 Å². The Morgan fingerprint density at radius 2 is 1.28 bits per heavy atom. The third-order valence-electron chi connectivity index (χ3n) is 11.9. The van der Waals surface area contributed by atoms with E-state index < -0.39 is 138 Å². The Balaban J connectivity index is 2.37. The third kappa shape index (κ3) is 21.9. The minimum atomic E-state index is -1.68. The molecule has 16 N–H and O–H groups in total. The van der Waals surface area contributed by atoms with E-state index in [2.05, 4.69) is 42.2 Å². The van der Waals surface area contributed by atoms with Gasteiger partial charge in [0, 0.05) is 25.9 Å². The number of nitrogens with one attached hydrogen (secondary N) is 7. The topological polar surface area (TPSA) is 409 Å². The van der Waals surface area contributed by atoms with Crippen molar-refractivity contribution in [2.75, 3.05) is 25.1 Å². The third-order valence-corrected chi connectivity index (χ3v) is 12.6. The lowest BCUT2D eigenvalue weighted by Crippen LogP contribution is -2.62. The minimum absolute atomic E-state index is 0.0128. The standard InChI is InChI=1S/C48H78N12O13S/c1-25(2)23-30(49)46(71)60-21-12-16-35(60)43(68)57-34(24-29-13-9-8-10-14-29)42(67)55-32(17-18-36(62)63)41(66)54-31(15-11-20-52-48(50)51)40(65)53-27(5)39(64)59-38(28(6)61)45(70)58-37(26(3)4)44(69)56-33(47(72)73)19-22-74-7/h8-10,13-14,25-28,30-35,37-38,61H,11-12,15-24,49H2,1-7H3,(H,53,65)(H,54,66)(H,55,67)(H,56,69)(H,57,68)(H,58,70)(H,59,64)(H,62,63)(H,72,73)(H4,50,51,52)/t27-,28+,30-,31-,32-,33-,34-,35-,37-,38-/m0/s1. The maximum atomic E-state index is 14.2. The first-order valence-electron chi connectivity index (χ1n) is 24.7. The molecule has 0 bridgehead atoms. The van der Waals surface area contributed by atoms with Crippen LogP contribution in [0.25, 0.3) is 0 Å². The summed E-state index contributed by atoms with van der Waals surface area (Å²) in [7, 11) is 0. The van der Waals surface area contributed by atoms with Gasteiger partial charge in [0.05, 0.1) is 12.1 Å². The number of hydrogen-bond acceptors (Lipinski definition) is 14. The second-order valence-electron chi connectivity index (χ2n) is 19.0. The summed E-state index contributed by atoms with van der Waals surface area (Å²) in [6.45, 7) is 9.71. The number of likely N-dealkylation sites (tertiary alicyclic amines) is 1. The van der Waals surface area contributed by atoms with Crippen LogP contribution in [-0.2, 0) is 54.4 Å². The number of aliphatic imine (C=N–C) groups is 1. The van der Waals surface area contributed by atoms with Crippen molar-refractivity contribution < 1.29 is 63.3 Å². The molecule has 0 spiro atoms. The number of carboxylic acids is 2. The summed E-state index contributed by atoms with van der Waals surface area (Å²) >= 11 is 1.38. The fourth-order valence-corrected chi connectivity index (χ4v) is 8.37. The Kier molecular flexibility index (Phi) is 27.4. The number of aliphatic hydroxyl groups excluding tert-OH is 1. The predicted octanol–water partition coefficient (Wildman–Crippen LogP) is -2.20. The second kappa shape index (κ2) is 31.9. The summed E-state index contributed by atoms with van der Waals surface area (Å²) in [6.07, 6.45) is 0.273. The van der Waals surface area contributed by atoms with E-state index in [0.717, 1.165) is 0 Å². The number of rotatable bonds is 32. The number of carbonyl (C=O) groups is 10. The number of hydrogen-bond donors (Lipinski definition) is 13. The van der Waals surface area contributed by atoms with Crippen molar-refractivity contribution in [2.45, 2.75) is 160 Å². The molecule has 1 aromatic rings. The van der Waals surface area contributed by atoms with Crippen molar-refractivity contribution in [3.05, 3.63) is 35.9 Å². The maximum absolute atomic E-state index is 14.2. The van der Waals surface area contributed by atoms with Gasteiger partial charge in [-0.25, -0.2) is 4.79 Å². The first-order chi connectivity index (χ1) is 34.8. The van der Waals surface area contributed by atoms with Crippen LogP contribution in [-0.4, -0.2) is 171 Å². The molecule has 1 aliphatic rings. The number of carbonyl (C=O) groups excluding carboxylic acids is 8. The van der Waals surface area contributed by atoms with Crippen LogP contribution in [0, 0.1) is 11.8 Å². The number of nitrogens with zero attached hydrogens (tertiary/aromatic N) is 2. The average molecular weight is 1060 g/mol. The molecule has 8 amide bonds. The summed E-state index contributed by atoms with van der Waals surface area (Å²) in [4.78, 5) is 139. The molecule has 1 fully saturated rings. The molecule has 25 nitrogen and oxygen atoms in total. The lowest BCUT2D eigenvalue weighted by Gasteiger charge is -2.29. The Labute approximate surface area is 435 Å². The van der Waals surface area contributed by atoms with Gasteiger partial charge >= 0.3 is 11.9 Å². The number of amides is 8. The van der Waals surface area contributed by atoms with Gasteiger partial charge in [-0.2, -0.15) is 11.8 Å². The first-order valence-corrected chi connectivity index (χ1v) is 26.1. The normalized spacial score (nSPS) is 16.9. The van der Waals surface area contributed by atoms with E-state index in [-0.39, 0.29) is 50.7 Å². The fourth-order valence-electron chi connectivity index (χ4n) is 7.90. The molecule has 0 aromatic heterocycles. The number of thioether (sulfide) groups is 1. The minimum Gasteiger partial charge on any atom is -0.481 e. The monoisotopic (exact) mass is 1060 g/mol. The molecule has 1 heterocycles. The van der Waals surface area contributed by atoms with Gasteiger partial charge in [0.15, 0.2) is 5.96 Å². The molecule has 74 heavy (non-hydrogen) atoms. The van der Waals surface area contributed by atoms with Crippen LogP contribution < -0.4 is 54.4 Å². The smallest absolute Gasteiger partial charge is 0.326 e. The molecule has 414 valence electrons. The van der Waals surface area contributed by atoms with Gasteiger partial charge in [0.1, 0.15) is 48.3 Å². The molecular weight excluding hydrogens is 985 g/mol. The highest BCUT2D eigenvalue weighted by atomic mass is 32.2. The van der Waals surface area contributed by atoms with Gasteiger partial charge in [-0.15, -0.1) is 0 Å². The molecule has 0 aliphatic carbocycles. The van der Waals surface area contributed by atoms with Gasteiger partial charge in [-0.05, 0) is 88.2 Å². The molecule has 0 unspecified atom stereocenters. The van der Waals surface area contributed by atoms with Crippen molar-refractivity contribution in [2.24, 2.45) is 34.0 Å². The molecule has 2 rings (SSSR count). The van der Waals surface area contributed by atoms with Crippen LogP contribution in [0.4, 0.5) is 0 Å². The van der Waals surface area contributed by atoms with Crippen LogP contribution in [0.5, 0.6) is 0 Å². The van der Waals surface area contributed by atoms with E-state index in [4.69, 9.17) is 17.2 Å². The number of nitrogens with two attached hydrogens (primary N) is 3. The Bertz CT molecular complexity index is 2110. The average Bonchev–Trinajstić information content (AvgIpc) is 3.82. The van der Waals surface area contributed by atoms with Gasteiger partial charge in [-0.3, -0.25) is 48.1 Å². The summed E-state index contributed by atoms with van der Waals surface area (Å²) in [5.41, 5.74) is 17.8. The molecule has 26 heteroatoms. The number of benzene rings is 1. The molecule has 1 aliphatic heterocycles. The second-order valence-corrected chi connectivity index (χ2v) is 20.0. The van der Waals surface area contributed by atoms with Crippen LogP contribution in [0.2, 0.25) is 0 Å². The zero-order valence-corrected chi connectivity index (χ0v) is 44.1. The van der Waals surface area contributed by atoms with Crippen molar-refractivity contribution >= 4 is 76.9 Å². The van der Waals surface area contributed by atoms with E-state index in [1.807, 2.05) is 13.8 Å². The van der Waals surface area contributed by atoms with E-state index in [9.17, 15) is 63.3 Å². The number of aliphatic hydroxyl groups is 1. The van der Waals surface area contributed by atoms with E-state index in [0.29, 0.717) is 30.6 Å². The molecule has 10 atom stereocenters. The Morgan fingerprint density at radius 1 is 0.716 bits per heavy atom. The molecule has 0 radical (unpaired) electrons. The highest BCUT2D eigenvalue weighted by Gasteiger charge is 2.39. The van der Waals surface area contributed by atoms with Crippen LogP contribution in [0.3, 0.4) is 0 Å². The zero-order chi connectivity index (χ0) is 55.8. The molecule has 1 aromatic carbocycles. The van der Waals surface area contributed by atoms with E-state index >= 15 is 0 Å². The lowest BCUT2D eigenvalue weighted by molar-refractivity contribution is -0.143. The maximum Gasteiger partial charge on any atom is 0.326 e. The number of aliphatic carboxylic acids is 2. The summed E-state index contributed by atoms with van der Waals surface area (Å²) in [5, 5.41) is 47.3. The van der Waals surface area contributed by atoms with Crippen LogP contribution in [0.1, 0.15) is 98.5 Å². The first kappa shape index (κ1) is 63.6. The zero-order valence-electron chi connectivity index (χ0n) is 43.3. The van der Waals surface area contributed by atoms with Crippen LogP contribution in [0.15, 0.2) is 35.3 Å². The van der Waals surface area contributed by atoms with Crippen molar-refractivity contribution in [1.82, 2.24) is 42.1 Å². The predicted molar refractivity (Wildman–Crippen MR) is 275 cm³/mol. The van der Waals surface area contributed by atoms with Crippen molar-refractivity contribution in [3.8, 4) is 0 Å². The van der Waals surface area contributed by atoms with E-state index in [1.165, 1.54) is 30.5 Å². The number of guanidine groups is 1. The van der Waals surface area contributed by atoms with E-state index in [1.54, 1.807) is 50.4 Å². The summed E-state index contributed by atoms with van der Waals surface area (Å²) in [5.74, 6) is -9.56. The Hall–Kier alpha value is -6.54. The summed E-state index contributed by atoms with van der Waals surface area (Å²) in [6, 6.07) is -3.27. The highest BCUT2D eigenvalue weighted by Crippen LogP contribution is 2.21. The lowest BCUT2D eigenvalue weighted by atomic mass is 10.0. The fraction of sp³-hybridized carbons (Fsp3) is 0.646. The molecule has 0 saturated carbocycles. The number of carboxylic acid groups (broad SMARTS) is 2. The molecular formula is C48H78N12O13S. The van der Waals surface area contributed by atoms with Crippen molar-refractivity contribution in [3.63, 3.8) is 0 Å². The van der Waals surface area contributed by atoms with Crippen LogP contribution >= 0.6 is 11.8 Å². The molecule has 1 saturated heterocycles. The highest BCUT2D eigenvalue weighted by molar-refractivity contribution is 7.98. The van der Waals surface area contributed by atoms with Crippen molar-refractivity contribution in [1.29, 1.82) is 0 Å². The largest absolute Gasteiger partial charge is 0.481 e.